The maximum absolute atomic E-state index is 12.2. The Bertz CT molecular complexity index is 603. The fourth-order valence-electron chi connectivity index (χ4n) is 4.53. The van der Waals surface area contributed by atoms with E-state index in [4.69, 9.17) is 0 Å². The molecule has 2 atom stereocenters. The summed E-state index contributed by atoms with van der Waals surface area (Å²) in [5, 5.41) is 8.06. The van der Waals surface area contributed by atoms with E-state index in [2.05, 4.69) is 15.3 Å². The van der Waals surface area contributed by atoms with Crippen LogP contribution in [0, 0.1) is 11.8 Å². The number of hydrogen-bond donors (Lipinski definition) is 1. The van der Waals surface area contributed by atoms with Crippen molar-refractivity contribution in [1.82, 2.24) is 24.9 Å². The average Bonchev–Trinajstić information content (AvgIpc) is 3.24. The minimum Gasteiger partial charge on any atom is -0.338 e. The van der Waals surface area contributed by atoms with Gasteiger partial charge in [-0.05, 0) is 44.7 Å². The number of hydrogen-bond acceptors (Lipinski definition) is 4. The van der Waals surface area contributed by atoms with Gasteiger partial charge in [-0.15, -0.1) is 0 Å². The van der Waals surface area contributed by atoms with E-state index in [0.29, 0.717) is 18.4 Å². The van der Waals surface area contributed by atoms with Crippen LogP contribution >= 0.6 is 0 Å². The molecule has 3 fully saturated rings. The third-order valence-electron chi connectivity index (χ3n) is 6.23. The largest absolute Gasteiger partial charge is 0.338 e. The molecule has 0 bridgehead atoms. The summed E-state index contributed by atoms with van der Waals surface area (Å²) in [5.74, 6) is 1.58. The van der Waals surface area contributed by atoms with Crippen LogP contribution < -0.4 is 5.32 Å². The zero-order chi connectivity index (χ0) is 17.4. The molecule has 3 aliphatic rings. The second-order valence-electron chi connectivity index (χ2n) is 8.29. The Morgan fingerprint density at radius 1 is 1.20 bits per heavy atom. The Morgan fingerprint density at radius 3 is 2.60 bits per heavy atom. The van der Waals surface area contributed by atoms with Crippen molar-refractivity contribution in [3.8, 4) is 0 Å². The van der Waals surface area contributed by atoms with E-state index in [9.17, 15) is 4.79 Å². The van der Waals surface area contributed by atoms with Gasteiger partial charge in [-0.25, -0.2) is 0 Å². The first-order valence-corrected chi connectivity index (χ1v) is 9.80. The number of nitrogens with one attached hydrogen (secondary N) is 1. The highest BCUT2D eigenvalue weighted by atomic mass is 16.2. The van der Waals surface area contributed by atoms with Crippen molar-refractivity contribution in [3.63, 3.8) is 0 Å². The van der Waals surface area contributed by atoms with Gasteiger partial charge in [0.15, 0.2) is 0 Å². The number of amides is 1. The van der Waals surface area contributed by atoms with Gasteiger partial charge in [0.2, 0.25) is 5.91 Å². The number of likely N-dealkylation sites (tertiary alicyclic amines) is 2. The Kier molecular flexibility index (Phi) is 4.82. The molecule has 4 rings (SSSR count). The lowest BCUT2D eigenvalue weighted by molar-refractivity contribution is -0.127. The molecule has 1 aromatic rings. The van der Waals surface area contributed by atoms with Gasteiger partial charge < -0.3 is 15.1 Å². The van der Waals surface area contributed by atoms with Crippen LogP contribution in [-0.4, -0.2) is 64.8 Å². The van der Waals surface area contributed by atoms with Crippen LogP contribution in [0.15, 0.2) is 12.4 Å². The summed E-state index contributed by atoms with van der Waals surface area (Å²) < 4.78 is 1.83. The normalized spacial score (nSPS) is 28.9. The van der Waals surface area contributed by atoms with Crippen LogP contribution in [0.3, 0.4) is 0 Å². The lowest BCUT2D eigenvalue weighted by Crippen LogP contribution is -2.44. The predicted octanol–water partition coefficient (Wildman–Crippen LogP) is 1.40. The van der Waals surface area contributed by atoms with Crippen molar-refractivity contribution in [2.75, 3.05) is 33.2 Å². The predicted molar refractivity (Wildman–Crippen MR) is 97.0 cm³/mol. The van der Waals surface area contributed by atoms with Gasteiger partial charge in [-0.2, -0.15) is 5.10 Å². The summed E-state index contributed by atoms with van der Waals surface area (Å²) in [5.41, 5.74) is 1.15. The first-order valence-electron chi connectivity index (χ1n) is 9.80. The molecule has 1 amide bonds. The molecule has 2 aliphatic heterocycles. The van der Waals surface area contributed by atoms with E-state index in [1.807, 2.05) is 36.1 Å². The van der Waals surface area contributed by atoms with Gasteiger partial charge in [0.1, 0.15) is 0 Å². The summed E-state index contributed by atoms with van der Waals surface area (Å²) in [7, 11) is 3.86. The summed E-state index contributed by atoms with van der Waals surface area (Å²) in [4.78, 5) is 16.8. The molecule has 6 heteroatoms. The molecule has 1 aliphatic carbocycles. The zero-order valence-electron chi connectivity index (χ0n) is 15.5. The van der Waals surface area contributed by atoms with Crippen LogP contribution in [0.25, 0.3) is 0 Å². The van der Waals surface area contributed by atoms with Crippen LogP contribution in [-0.2, 0) is 11.8 Å². The molecular formula is C19H31N5O. The van der Waals surface area contributed by atoms with Gasteiger partial charge in [-0.1, -0.05) is 0 Å². The molecule has 1 aromatic heterocycles. The molecule has 1 N–H and O–H groups in total. The smallest absolute Gasteiger partial charge is 0.223 e. The van der Waals surface area contributed by atoms with Gasteiger partial charge in [0.25, 0.3) is 0 Å². The summed E-state index contributed by atoms with van der Waals surface area (Å²) in [6.45, 7) is 4.69. The van der Waals surface area contributed by atoms with Gasteiger partial charge in [0, 0.05) is 57.3 Å². The first-order chi connectivity index (χ1) is 12.1. The summed E-state index contributed by atoms with van der Waals surface area (Å²) in [6, 6.07) is 0.759. The quantitative estimate of drug-likeness (QED) is 0.847. The number of aryl methyl sites for hydroxylation is 1. The zero-order valence-corrected chi connectivity index (χ0v) is 15.5. The molecule has 1 saturated carbocycles. The Balaban J connectivity index is 1.30. The lowest BCUT2D eigenvalue weighted by atomic mass is 9.94. The molecule has 6 nitrogen and oxygen atoms in total. The van der Waals surface area contributed by atoms with E-state index in [1.54, 1.807) is 0 Å². The van der Waals surface area contributed by atoms with Crippen LogP contribution in [0.4, 0.5) is 0 Å². The Labute approximate surface area is 150 Å². The maximum Gasteiger partial charge on any atom is 0.223 e. The molecule has 138 valence electrons. The number of piperidine rings is 1. The number of carbonyl (C=O) groups excluding carboxylic acids is 1. The number of carbonyl (C=O) groups is 1. The van der Waals surface area contributed by atoms with Crippen molar-refractivity contribution in [3.05, 3.63) is 18.0 Å². The van der Waals surface area contributed by atoms with Crippen molar-refractivity contribution in [2.45, 2.75) is 44.2 Å². The molecule has 25 heavy (non-hydrogen) atoms. The van der Waals surface area contributed by atoms with Crippen molar-refractivity contribution in [2.24, 2.45) is 18.9 Å². The third-order valence-corrected chi connectivity index (χ3v) is 6.23. The van der Waals surface area contributed by atoms with Crippen LogP contribution in [0.2, 0.25) is 0 Å². The van der Waals surface area contributed by atoms with Crippen molar-refractivity contribution in [1.29, 1.82) is 0 Å². The van der Waals surface area contributed by atoms with E-state index in [-0.39, 0.29) is 11.9 Å². The van der Waals surface area contributed by atoms with Crippen LogP contribution in [0.5, 0.6) is 0 Å². The molecule has 0 spiro atoms. The van der Waals surface area contributed by atoms with E-state index >= 15 is 0 Å². The maximum atomic E-state index is 12.2. The molecule has 0 aromatic carbocycles. The summed E-state index contributed by atoms with van der Waals surface area (Å²) >= 11 is 0. The van der Waals surface area contributed by atoms with Gasteiger partial charge >= 0.3 is 0 Å². The van der Waals surface area contributed by atoms with Gasteiger partial charge in [-0.3, -0.25) is 9.48 Å². The van der Waals surface area contributed by atoms with Crippen LogP contribution in [0.1, 0.15) is 43.7 Å². The minimum absolute atomic E-state index is 0.156. The second kappa shape index (κ2) is 7.08. The van der Waals surface area contributed by atoms with E-state index in [0.717, 1.165) is 18.0 Å². The highest BCUT2D eigenvalue weighted by Crippen LogP contribution is 2.36. The highest BCUT2D eigenvalue weighted by molar-refractivity contribution is 5.79. The average molecular weight is 345 g/mol. The first kappa shape index (κ1) is 17.0. The third kappa shape index (κ3) is 3.90. The molecule has 0 radical (unpaired) electrons. The van der Waals surface area contributed by atoms with Crippen molar-refractivity contribution >= 4 is 5.91 Å². The highest BCUT2D eigenvalue weighted by Gasteiger charge is 2.39. The Hall–Kier alpha value is -1.40. The van der Waals surface area contributed by atoms with E-state index < -0.39 is 0 Å². The minimum atomic E-state index is 0.156. The Morgan fingerprint density at radius 2 is 1.96 bits per heavy atom. The number of rotatable bonds is 6. The lowest BCUT2D eigenvalue weighted by Gasteiger charge is -2.33. The van der Waals surface area contributed by atoms with E-state index in [1.165, 1.54) is 45.3 Å². The number of aromatic nitrogens is 2. The fourth-order valence-corrected chi connectivity index (χ4v) is 4.53. The summed E-state index contributed by atoms with van der Waals surface area (Å²) in [6.07, 6.45) is 9.95. The fraction of sp³-hybridized carbons (Fsp3) is 0.789. The molecular weight excluding hydrogens is 314 g/mol. The van der Waals surface area contributed by atoms with Crippen molar-refractivity contribution < 1.29 is 4.79 Å². The SMILES string of the molecule is CN1C(=O)C[C@@H](CNC2CCN(CC3CC3)CC2)[C@@H]1c1cnn(C)c1. The standard InChI is InChI=1S/C19H31N5O/c1-22-13-16(11-21-22)19-15(9-18(25)23(19)2)10-20-17-5-7-24(8-6-17)12-14-3-4-14/h11,13-15,17,19-20H,3-10,12H2,1-2H3/t15-,19+/m0/s1. The van der Waals surface area contributed by atoms with Gasteiger partial charge in [0.05, 0.1) is 12.2 Å². The molecule has 3 heterocycles. The topological polar surface area (TPSA) is 53.4 Å². The molecule has 0 unspecified atom stereocenters. The number of nitrogens with zero attached hydrogens (tertiary/aromatic N) is 4. The second-order valence-corrected chi connectivity index (χ2v) is 8.29. The monoisotopic (exact) mass is 345 g/mol. The molecule has 2 saturated heterocycles.